The zero-order valence-electron chi connectivity index (χ0n) is 12.5. The summed E-state index contributed by atoms with van der Waals surface area (Å²) in [4.78, 5) is 11.5. The molecule has 4 heteroatoms. The molecule has 2 rings (SSSR count). The molecule has 0 heterocycles. The molecular weight excluding hydrogens is 296 g/mol. The van der Waals surface area contributed by atoms with Crippen LogP contribution in [-0.4, -0.2) is 18.3 Å². The van der Waals surface area contributed by atoms with Crippen LogP contribution in [0.25, 0.3) is 0 Å². The second-order valence-electron chi connectivity index (χ2n) is 5.05. The molecule has 3 nitrogen and oxygen atoms in total. The Morgan fingerprint density at radius 2 is 1.64 bits per heavy atom. The minimum atomic E-state index is 0.00141. The van der Waals surface area contributed by atoms with Gasteiger partial charge in [0.25, 0.3) is 0 Å². The molecule has 22 heavy (non-hydrogen) atoms. The van der Waals surface area contributed by atoms with Crippen molar-refractivity contribution < 1.29 is 4.79 Å². The summed E-state index contributed by atoms with van der Waals surface area (Å²) in [6.07, 6.45) is 1.18. The second-order valence-corrected chi connectivity index (χ2v) is 5.43. The van der Waals surface area contributed by atoms with Crippen molar-refractivity contribution in [3.05, 3.63) is 66.2 Å². The Balaban J connectivity index is 1.98. The molecule has 1 unspecified atom stereocenters. The average Bonchev–Trinajstić information content (AvgIpc) is 2.56. The number of halogens is 1. The largest absolute Gasteiger partial charge is 0.378 e. The third kappa shape index (κ3) is 5.41. The summed E-state index contributed by atoms with van der Waals surface area (Å²) in [5.74, 6) is 0.359. The molecule has 0 aliphatic carbocycles. The number of alkyl halides is 1. The van der Waals surface area contributed by atoms with Crippen LogP contribution in [0.3, 0.4) is 0 Å². The first-order chi connectivity index (χ1) is 10.8. The Kier molecular flexibility index (Phi) is 6.78. The van der Waals surface area contributed by atoms with E-state index in [1.165, 1.54) is 5.56 Å². The van der Waals surface area contributed by atoms with E-state index in [2.05, 4.69) is 22.8 Å². The van der Waals surface area contributed by atoms with Crippen LogP contribution in [0, 0.1) is 0 Å². The number of carbonyl (C=O) groups is 1. The summed E-state index contributed by atoms with van der Waals surface area (Å²) < 4.78 is 0. The van der Waals surface area contributed by atoms with Crippen LogP contribution in [-0.2, 0) is 4.79 Å². The van der Waals surface area contributed by atoms with Crippen molar-refractivity contribution in [1.82, 2.24) is 5.32 Å². The fraction of sp³-hybridized carbons (Fsp3) is 0.278. The molecule has 0 saturated heterocycles. The predicted molar refractivity (Wildman–Crippen MR) is 92.2 cm³/mol. The van der Waals surface area contributed by atoms with Gasteiger partial charge in [0.2, 0.25) is 5.91 Å². The number of para-hydroxylation sites is 1. The lowest BCUT2D eigenvalue weighted by atomic mass is 10.0. The van der Waals surface area contributed by atoms with Gasteiger partial charge in [0.15, 0.2) is 0 Å². The predicted octanol–water partition coefficient (Wildman–Crippen LogP) is 3.98. The fourth-order valence-electron chi connectivity index (χ4n) is 2.27. The molecule has 2 aromatic carbocycles. The van der Waals surface area contributed by atoms with Gasteiger partial charge in [-0.05, 0) is 24.1 Å². The van der Waals surface area contributed by atoms with E-state index in [1.807, 2.05) is 48.5 Å². The molecule has 0 saturated carbocycles. The van der Waals surface area contributed by atoms with E-state index in [0.717, 1.165) is 12.1 Å². The zero-order valence-corrected chi connectivity index (χ0v) is 13.2. The first kappa shape index (κ1) is 16.4. The van der Waals surface area contributed by atoms with Gasteiger partial charge in [0.1, 0.15) is 0 Å². The lowest BCUT2D eigenvalue weighted by molar-refractivity contribution is -0.120. The third-order valence-corrected chi connectivity index (χ3v) is 3.58. The van der Waals surface area contributed by atoms with Crippen molar-refractivity contribution in [1.29, 1.82) is 0 Å². The molecule has 1 atom stereocenters. The molecule has 0 radical (unpaired) electrons. The number of benzene rings is 2. The summed E-state index contributed by atoms with van der Waals surface area (Å²) in [6.45, 7) is 0.620. The van der Waals surface area contributed by atoms with Crippen molar-refractivity contribution in [3.8, 4) is 0 Å². The SMILES string of the molecule is O=C(CCCl)NCCC(Nc1ccccc1)c1ccccc1. The number of rotatable bonds is 8. The number of anilines is 1. The van der Waals surface area contributed by atoms with Crippen molar-refractivity contribution in [2.75, 3.05) is 17.7 Å². The highest BCUT2D eigenvalue weighted by molar-refractivity contribution is 6.18. The topological polar surface area (TPSA) is 41.1 Å². The Labute approximate surface area is 136 Å². The number of hydrogen-bond donors (Lipinski definition) is 2. The van der Waals surface area contributed by atoms with Crippen LogP contribution < -0.4 is 10.6 Å². The van der Waals surface area contributed by atoms with E-state index < -0.39 is 0 Å². The summed E-state index contributed by atoms with van der Waals surface area (Å²) >= 11 is 5.57. The molecule has 0 spiro atoms. The van der Waals surface area contributed by atoms with Gasteiger partial charge in [-0.3, -0.25) is 4.79 Å². The molecule has 2 aromatic rings. The minimum absolute atomic E-state index is 0.00141. The van der Waals surface area contributed by atoms with Crippen LogP contribution in [0.1, 0.15) is 24.4 Å². The average molecular weight is 317 g/mol. The molecule has 2 N–H and O–H groups in total. The van der Waals surface area contributed by atoms with E-state index in [0.29, 0.717) is 18.8 Å². The lowest BCUT2D eigenvalue weighted by Crippen LogP contribution is -2.27. The highest BCUT2D eigenvalue weighted by Gasteiger charge is 2.11. The second kappa shape index (κ2) is 9.11. The van der Waals surface area contributed by atoms with Gasteiger partial charge in [-0.2, -0.15) is 0 Å². The van der Waals surface area contributed by atoms with Gasteiger partial charge in [0, 0.05) is 24.5 Å². The molecule has 0 fully saturated rings. The molecule has 0 aliphatic rings. The van der Waals surface area contributed by atoms with Crippen LogP contribution >= 0.6 is 11.6 Å². The normalized spacial score (nSPS) is 11.7. The molecule has 0 bridgehead atoms. The first-order valence-corrected chi connectivity index (χ1v) is 8.02. The Morgan fingerprint density at radius 3 is 2.27 bits per heavy atom. The van der Waals surface area contributed by atoms with Crippen LogP contribution in [0.2, 0.25) is 0 Å². The maximum atomic E-state index is 11.5. The monoisotopic (exact) mass is 316 g/mol. The van der Waals surface area contributed by atoms with E-state index in [-0.39, 0.29) is 11.9 Å². The Morgan fingerprint density at radius 1 is 1.00 bits per heavy atom. The van der Waals surface area contributed by atoms with Crippen molar-refractivity contribution >= 4 is 23.2 Å². The highest BCUT2D eigenvalue weighted by Crippen LogP contribution is 2.22. The van der Waals surface area contributed by atoms with E-state index in [4.69, 9.17) is 11.6 Å². The molecule has 1 amide bonds. The number of carbonyl (C=O) groups excluding carboxylic acids is 1. The Hall–Kier alpha value is -2.00. The van der Waals surface area contributed by atoms with Crippen molar-refractivity contribution in [3.63, 3.8) is 0 Å². The van der Waals surface area contributed by atoms with E-state index in [9.17, 15) is 4.79 Å². The first-order valence-electron chi connectivity index (χ1n) is 7.49. The third-order valence-electron chi connectivity index (χ3n) is 3.39. The minimum Gasteiger partial charge on any atom is -0.378 e. The summed E-state index contributed by atoms with van der Waals surface area (Å²) in [5.41, 5.74) is 2.28. The van der Waals surface area contributed by atoms with Crippen LogP contribution in [0.15, 0.2) is 60.7 Å². The molecular formula is C18H21ClN2O. The lowest BCUT2D eigenvalue weighted by Gasteiger charge is -2.21. The smallest absolute Gasteiger partial charge is 0.221 e. The summed E-state index contributed by atoms with van der Waals surface area (Å²) in [6, 6.07) is 20.5. The van der Waals surface area contributed by atoms with Gasteiger partial charge >= 0.3 is 0 Å². The molecule has 0 aliphatic heterocycles. The highest BCUT2D eigenvalue weighted by atomic mass is 35.5. The summed E-state index contributed by atoms with van der Waals surface area (Å²) in [7, 11) is 0. The van der Waals surface area contributed by atoms with Crippen LogP contribution in [0.5, 0.6) is 0 Å². The Bertz CT molecular complexity index is 560. The molecule has 116 valence electrons. The number of nitrogens with one attached hydrogen (secondary N) is 2. The van der Waals surface area contributed by atoms with Gasteiger partial charge in [0.05, 0.1) is 6.04 Å². The van der Waals surface area contributed by atoms with Crippen LogP contribution in [0.4, 0.5) is 5.69 Å². The van der Waals surface area contributed by atoms with Gasteiger partial charge in [-0.15, -0.1) is 11.6 Å². The maximum absolute atomic E-state index is 11.5. The zero-order chi connectivity index (χ0) is 15.6. The molecule has 0 aromatic heterocycles. The fourth-order valence-corrected chi connectivity index (χ4v) is 2.44. The van der Waals surface area contributed by atoms with Crippen molar-refractivity contribution in [2.45, 2.75) is 18.9 Å². The summed E-state index contributed by atoms with van der Waals surface area (Å²) in [5, 5.41) is 6.43. The van der Waals surface area contributed by atoms with Gasteiger partial charge in [-0.1, -0.05) is 48.5 Å². The quantitative estimate of drug-likeness (QED) is 0.723. The van der Waals surface area contributed by atoms with Crippen molar-refractivity contribution in [2.24, 2.45) is 0 Å². The number of hydrogen-bond acceptors (Lipinski definition) is 2. The van der Waals surface area contributed by atoms with E-state index >= 15 is 0 Å². The number of amides is 1. The van der Waals surface area contributed by atoms with Gasteiger partial charge < -0.3 is 10.6 Å². The maximum Gasteiger partial charge on any atom is 0.221 e. The van der Waals surface area contributed by atoms with E-state index in [1.54, 1.807) is 0 Å². The van der Waals surface area contributed by atoms with Gasteiger partial charge in [-0.25, -0.2) is 0 Å². The standard InChI is InChI=1S/C18H21ClN2O/c19-13-11-18(22)20-14-12-17(15-7-3-1-4-8-15)21-16-9-5-2-6-10-16/h1-10,17,21H,11-14H2,(H,20,22).